The van der Waals surface area contributed by atoms with Crippen LogP contribution in [0, 0.1) is 0 Å². The standard InChI is InChI=1S/C15H20N4O/c1-18-10-11(9-17-18)8-16-13-4-5-14-12(7-13)3-6-15(20)19(14)2/h3,6,9-10,13,16H,4-5,7-8H2,1-2H3/t13-/m1/s1. The highest BCUT2D eigenvalue weighted by Gasteiger charge is 2.20. The van der Waals surface area contributed by atoms with Crippen molar-refractivity contribution in [3.05, 3.63) is 51.7 Å². The van der Waals surface area contributed by atoms with Crippen molar-refractivity contribution < 1.29 is 0 Å². The van der Waals surface area contributed by atoms with Gasteiger partial charge in [-0.05, 0) is 24.8 Å². The molecule has 0 radical (unpaired) electrons. The number of rotatable bonds is 3. The van der Waals surface area contributed by atoms with Crippen LogP contribution in [0.4, 0.5) is 0 Å². The Bertz CT molecular complexity index is 671. The zero-order chi connectivity index (χ0) is 14.1. The third-order valence-corrected chi connectivity index (χ3v) is 4.08. The molecule has 0 spiro atoms. The Morgan fingerprint density at radius 1 is 1.40 bits per heavy atom. The molecule has 0 bridgehead atoms. The normalized spacial score (nSPS) is 18.0. The molecule has 0 amide bonds. The Kier molecular flexibility index (Phi) is 3.44. The summed E-state index contributed by atoms with van der Waals surface area (Å²) in [5.41, 5.74) is 3.78. The molecule has 1 aliphatic carbocycles. The SMILES string of the molecule is Cn1cc(CN[C@@H]2CCc3c(ccc(=O)n3C)C2)cn1. The van der Waals surface area contributed by atoms with Crippen molar-refractivity contribution in [2.75, 3.05) is 0 Å². The summed E-state index contributed by atoms with van der Waals surface area (Å²) in [6.07, 6.45) is 6.96. The number of hydrogen-bond acceptors (Lipinski definition) is 3. The quantitative estimate of drug-likeness (QED) is 0.898. The van der Waals surface area contributed by atoms with Gasteiger partial charge in [0, 0.05) is 50.2 Å². The maximum atomic E-state index is 11.6. The van der Waals surface area contributed by atoms with E-state index in [1.165, 1.54) is 16.8 Å². The zero-order valence-electron chi connectivity index (χ0n) is 12.0. The first kappa shape index (κ1) is 13.1. The molecule has 0 aromatic carbocycles. The van der Waals surface area contributed by atoms with Gasteiger partial charge in [-0.3, -0.25) is 9.48 Å². The van der Waals surface area contributed by atoms with Crippen molar-refractivity contribution in [2.45, 2.75) is 31.8 Å². The molecule has 20 heavy (non-hydrogen) atoms. The van der Waals surface area contributed by atoms with Crippen molar-refractivity contribution in [3.63, 3.8) is 0 Å². The summed E-state index contributed by atoms with van der Waals surface area (Å²) in [7, 11) is 3.80. The van der Waals surface area contributed by atoms with Crippen LogP contribution >= 0.6 is 0 Å². The highest BCUT2D eigenvalue weighted by atomic mass is 16.1. The van der Waals surface area contributed by atoms with Crippen LogP contribution in [0.25, 0.3) is 0 Å². The molecule has 0 unspecified atom stereocenters. The van der Waals surface area contributed by atoms with Crippen LogP contribution in [0.15, 0.2) is 29.3 Å². The average Bonchev–Trinajstić information content (AvgIpc) is 2.86. The second kappa shape index (κ2) is 5.25. The van der Waals surface area contributed by atoms with E-state index in [-0.39, 0.29) is 5.56 Å². The van der Waals surface area contributed by atoms with E-state index in [0.717, 1.165) is 25.8 Å². The van der Waals surface area contributed by atoms with E-state index < -0.39 is 0 Å². The molecule has 0 fully saturated rings. The van der Waals surface area contributed by atoms with Crippen LogP contribution in [0.1, 0.15) is 23.2 Å². The molecular weight excluding hydrogens is 252 g/mol. The first-order chi connectivity index (χ1) is 9.63. The molecule has 0 saturated carbocycles. The van der Waals surface area contributed by atoms with Crippen LogP contribution < -0.4 is 10.9 Å². The molecule has 0 aliphatic heterocycles. The summed E-state index contributed by atoms with van der Waals surface area (Å²) < 4.78 is 3.61. The van der Waals surface area contributed by atoms with E-state index in [1.807, 2.05) is 37.2 Å². The van der Waals surface area contributed by atoms with Crippen LogP contribution in [-0.4, -0.2) is 20.4 Å². The zero-order valence-corrected chi connectivity index (χ0v) is 12.0. The summed E-state index contributed by atoms with van der Waals surface area (Å²) in [4.78, 5) is 11.6. The largest absolute Gasteiger partial charge is 0.315 e. The lowest BCUT2D eigenvalue weighted by molar-refractivity contribution is 0.445. The van der Waals surface area contributed by atoms with E-state index in [0.29, 0.717) is 6.04 Å². The predicted octanol–water partition coefficient (Wildman–Crippen LogP) is 0.766. The molecule has 2 aromatic rings. The van der Waals surface area contributed by atoms with Gasteiger partial charge in [0.2, 0.25) is 5.56 Å². The topological polar surface area (TPSA) is 51.9 Å². The lowest BCUT2D eigenvalue weighted by Gasteiger charge is -2.26. The minimum Gasteiger partial charge on any atom is -0.315 e. The Morgan fingerprint density at radius 2 is 2.25 bits per heavy atom. The molecule has 2 heterocycles. The lowest BCUT2D eigenvalue weighted by atomic mass is 9.91. The molecular formula is C15H20N4O. The lowest BCUT2D eigenvalue weighted by Crippen LogP contribution is -2.36. The number of hydrogen-bond donors (Lipinski definition) is 1. The smallest absolute Gasteiger partial charge is 0.250 e. The Labute approximate surface area is 118 Å². The number of aromatic nitrogens is 3. The molecule has 3 rings (SSSR count). The van der Waals surface area contributed by atoms with Gasteiger partial charge < -0.3 is 9.88 Å². The average molecular weight is 272 g/mol. The summed E-state index contributed by atoms with van der Waals surface area (Å²) >= 11 is 0. The fraction of sp³-hybridized carbons (Fsp3) is 0.467. The van der Waals surface area contributed by atoms with Crippen molar-refractivity contribution >= 4 is 0 Å². The molecule has 1 atom stereocenters. The first-order valence-electron chi connectivity index (χ1n) is 7.02. The Balaban J connectivity index is 1.67. The molecule has 106 valence electrons. The van der Waals surface area contributed by atoms with E-state index >= 15 is 0 Å². The first-order valence-corrected chi connectivity index (χ1v) is 7.02. The van der Waals surface area contributed by atoms with Crippen LogP contribution in [-0.2, 0) is 33.5 Å². The Morgan fingerprint density at radius 3 is 3.00 bits per heavy atom. The van der Waals surface area contributed by atoms with Crippen molar-refractivity contribution in [2.24, 2.45) is 14.1 Å². The van der Waals surface area contributed by atoms with Crippen LogP contribution in [0.2, 0.25) is 0 Å². The highest BCUT2D eigenvalue weighted by molar-refractivity contribution is 5.25. The number of pyridine rings is 1. The minimum atomic E-state index is 0.0884. The Hall–Kier alpha value is -1.88. The minimum absolute atomic E-state index is 0.0884. The van der Waals surface area contributed by atoms with Gasteiger partial charge in [-0.15, -0.1) is 0 Å². The van der Waals surface area contributed by atoms with Crippen molar-refractivity contribution in [1.82, 2.24) is 19.7 Å². The summed E-state index contributed by atoms with van der Waals surface area (Å²) in [6, 6.07) is 4.12. The van der Waals surface area contributed by atoms with Gasteiger partial charge in [-0.2, -0.15) is 5.10 Å². The van der Waals surface area contributed by atoms with Gasteiger partial charge in [0.1, 0.15) is 0 Å². The highest BCUT2D eigenvalue weighted by Crippen LogP contribution is 2.19. The van der Waals surface area contributed by atoms with Crippen LogP contribution in [0.5, 0.6) is 0 Å². The van der Waals surface area contributed by atoms with Gasteiger partial charge in [-0.1, -0.05) is 6.07 Å². The predicted molar refractivity (Wildman–Crippen MR) is 77.5 cm³/mol. The summed E-state index contributed by atoms with van der Waals surface area (Å²) in [6.45, 7) is 0.847. The van der Waals surface area contributed by atoms with E-state index in [9.17, 15) is 4.79 Å². The second-order valence-electron chi connectivity index (χ2n) is 5.55. The monoisotopic (exact) mass is 272 g/mol. The summed E-state index contributed by atoms with van der Waals surface area (Å²) in [5, 5.41) is 7.76. The number of nitrogens with one attached hydrogen (secondary N) is 1. The van der Waals surface area contributed by atoms with Gasteiger partial charge in [-0.25, -0.2) is 0 Å². The third kappa shape index (κ3) is 2.54. The fourth-order valence-electron chi connectivity index (χ4n) is 2.92. The fourth-order valence-corrected chi connectivity index (χ4v) is 2.92. The maximum absolute atomic E-state index is 11.6. The van der Waals surface area contributed by atoms with E-state index in [4.69, 9.17) is 0 Å². The van der Waals surface area contributed by atoms with Crippen LogP contribution in [0.3, 0.4) is 0 Å². The molecule has 2 aromatic heterocycles. The molecule has 0 saturated heterocycles. The molecule has 1 aliphatic rings. The van der Waals surface area contributed by atoms with E-state index in [1.54, 1.807) is 10.6 Å². The molecule has 5 heteroatoms. The molecule has 1 N–H and O–H groups in total. The van der Waals surface area contributed by atoms with Crippen molar-refractivity contribution in [3.8, 4) is 0 Å². The number of fused-ring (bicyclic) bond motifs is 1. The van der Waals surface area contributed by atoms with Gasteiger partial charge >= 0.3 is 0 Å². The third-order valence-electron chi connectivity index (χ3n) is 4.08. The van der Waals surface area contributed by atoms with Crippen molar-refractivity contribution in [1.29, 1.82) is 0 Å². The number of nitrogens with zero attached hydrogens (tertiary/aromatic N) is 3. The second-order valence-corrected chi connectivity index (χ2v) is 5.55. The van der Waals surface area contributed by atoms with Gasteiger partial charge in [0.25, 0.3) is 0 Å². The van der Waals surface area contributed by atoms with Gasteiger partial charge in [0.05, 0.1) is 6.20 Å². The van der Waals surface area contributed by atoms with Gasteiger partial charge in [0.15, 0.2) is 0 Å². The number of aryl methyl sites for hydroxylation is 1. The van der Waals surface area contributed by atoms with E-state index in [2.05, 4.69) is 10.4 Å². The summed E-state index contributed by atoms with van der Waals surface area (Å²) in [5.74, 6) is 0. The molecule has 5 nitrogen and oxygen atoms in total. The maximum Gasteiger partial charge on any atom is 0.250 e.